The maximum atomic E-state index is 11.9. The summed E-state index contributed by atoms with van der Waals surface area (Å²) in [5.41, 5.74) is 2.83. The van der Waals surface area contributed by atoms with Crippen molar-refractivity contribution >= 4 is 21.8 Å². The Bertz CT molecular complexity index is 577. The first-order valence-corrected chi connectivity index (χ1v) is 6.37. The highest BCUT2D eigenvalue weighted by Gasteiger charge is 2.08. The highest BCUT2D eigenvalue weighted by atomic mass is 79.9. The Morgan fingerprint density at radius 2 is 2.28 bits per heavy atom. The van der Waals surface area contributed by atoms with E-state index in [-0.39, 0.29) is 5.91 Å². The third kappa shape index (κ3) is 2.98. The summed E-state index contributed by atoms with van der Waals surface area (Å²) in [5.74, 6) is -0.109. The second kappa shape index (κ2) is 5.35. The molecule has 0 aliphatic carbocycles. The number of rotatable bonds is 3. The van der Waals surface area contributed by atoms with Crippen LogP contribution in [0.25, 0.3) is 0 Å². The molecule has 18 heavy (non-hydrogen) atoms. The van der Waals surface area contributed by atoms with Crippen LogP contribution >= 0.6 is 15.9 Å². The summed E-state index contributed by atoms with van der Waals surface area (Å²) in [5, 5.41) is 6.86. The van der Waals surface area contributed by atoms with Crippen molar-refractivity contribution in [2.24, 2.45) is 7.05 Å². The van der Waals surface area contributed by atoms with Crippen LogP contribution < -0.4 is 5.32 Å². The van der Waals surface area contributed by atoms with E-state index < -0.39 is 0 Å². The molecule has 0 aliphatic heterocycles. The molecule has 94 valence electrons. The quantitative estimate of drug-likeness (QED) is 0.946. The van der Waals surface area contributed by atoms with Gasteiger partial charge in [0, 0.05) is 24.3 Å². The lowest BCUT2D eigenvalue weighted by molar-refractivity contribution is 0.0951. The molecule has 2 rings (SSSR count). The molecule has 0 bridgehead atoms. The summed E-state index contributed by atoms with van der Waals surface area (Å²) < 4.78 is 2.62. The van der Waals surface area contributed by atoms with Crippen LogP contribution in [0.15, 0.2) is 35.1 Å². The second-order valence-corrected chi connectivity index (χ2v) is 5.07. The summed E-state index contributed by atoms with van der Waals surface area (Å²) in [6, 6.07) is 6.02. The van der Waals surface area contributed by atoms with Gasteiger partial charge in [-0.3, -0.25) is 9.48 Å². The standard InChI is InChI=1S/C13H14BrN3O/c1-9-3-4-12(14)5-10(9)6-15-13(18)11-7-16-17(2)8-11/h3-5,7-8H,6H2,1-2H3,(H,15,18). The van der Waals surface area contributed by atoms with Gasteiger partial charge < -0.3 is 5.32 Å². The first kappa shape index (κ1) is 12.8. The van der Waals surface area contributed by atoms with Gasteiger partial charge in [0.2, 0.25) is 0 Å². The van der Waals surface area contributed by atoms with Gasteiger partial charge in [0.1, 0.15) is 0 Å². The lowest BCUT2D eigenvalue weighted by atomic mass is 10.1. The minimum atomic E-state index is -0.109. The number of benzene rings is 1. The van der Waals surface area contributed by atoms with Crippen molar-refractivity contribution in [2.45, 2.75) is 13.5 Å². The number of nitrogens with one attached hydrogen (secondary N) is 1. The Labute approximate surface area is 114 Å². The van der Waals surface area contributed by atoms with Gasteiger partial charge in [-0.05, 0) is 30.2 Å². The van der Waals surface area contributed by atoms with Crippen LogP contribution in [0.5, 0.6) is 0 Å². The third-order valence-corrected chi connectivity index (χ3v) is 3.21. The molecule has 5 heteroatoms. The molecule has 0 saturated carbocycles. The van der Waals surface area contributed by atoms with E-state index >= 15 is 0 Å². The minimum absolute atomic E-state index is 0.109. The molecule has 1 N–H and O–H groups in total. The summed E-state index contributed by atoms with van der Waals surface area (Å²) in [7, 11) is 1.79. The van der Waals surface area contributed by atoms with Crippen molar-refractivity contribution in [3.05, 3.63) is 51.8 Å². The number of nitrogens with zero attached hydrogens (tertiary/aromatic N) is 2. The van der Waals surface area contributed by atoms with Gasteiger partial charge in [0.05, 0.1) is 11.8 Å². The van der Waals surface area contributed by atoms with Gasteiger partial charge in [-0.25, -0.2) is 0 Å². The first-order valence-electron chi connectivity index (χ1n) is 5.58. The highest BCUT2D eigenvalue weighted by Crippen LogP contribution is 2.15. The molecule has 1 amide bonds. The lowest BCUT2D eigenvalue weighted by Gasteiger charge is -2.07. The molecule has 0 aliphatic rings. The Hall–Kier alpha value is -1.62. The molecule has 0 spiro atoms. The molecular formula is C13H14BrN3O. The maximum absolute atomic E-state index is 11.9. The number of aromatic nitrogens is 2. The van der Waals surface area contributed by atoms with Crippen LogP contribution in [0.1, 0.15) is 21.5 Å². The van der Waals surface area contributed by atoms with Gasteiger partial charge >= 0.3 is 0 Å². The van der Waals surface area contributed by atoms with E-state index in [0.29, 0.717) is 12.1 Å². The molecule has 2 aromatic rings. The van der Waals surface area contributed by atoms with Crippen LogP contribution in [0, 0.1) is 6.92 Å². The van der Waals surface area contributed by atoms with E-state index in [1.807, 2.05) is 25.1 Å². The molecule has 0 radical (unpaired) electrons. The van der Waals surface area contributed by atoms with Crippen molar-refractivity contribution in [1.82, 2.24) is 15.1 Å². The normalized spacial score (nSPS) is 10.4. The Morgan fingerprint density at radius 1 is 1.50 bits per heavy atom. The fraction of sp³-hybridized carbons (Fsp3) is 0.231. The van der Waals surface area contributed by atoms with Crippen molar-refractivity contribution in [1.29, 1.82) is 0 Å². The molecular weight excluding hydrogens is 294 g/mol. The number of hydrogen-bond acceptors (Lipinski definition) is 2. The van der Waals surface area contributed by atoms with Gasteiger partial charge in [0.15, 0.2) is 0 Å². The molecule has 0 atom stereocenters. The molecule has 0 fully saturated rings. The molecule has 0 saturated heterocycles. The molecule has 1 aromatic heterocycles. The monoisotopic (exact) mass is 307 g/mol. The average Bonchev–Trinajstić information content (AvgIpc) is 2.77. The highest BCUT2D eigenvalue weighted by molar-refractivity contribution is 9.10. The van der Waals surface area contributed by atoms with E-state index in [4.69, 9.17) is 0 Å². The van der Waals surface area contributed by atoms with Gasteiger partial charge in [-0.15, -0.1) is 0 Å². The number of carbonyl (C=O) groups is 1. The topological polar surface area (TPSA) is 46.9 Å². The second-order valence-electron chi connectivity index (χ2n) is 4.16. The van der Waals surface area contributed by atoms with Gasteiger partial charge in [0.25, 0.3) is 5.91 Å². The summed E-state index contributed by atoms with van der Waals surface area (Å²) in [4.78, 5) is 11.9. The zero-order valence-electron chi connectivity index (χ0n) is 10.3. The van der Waals surface area contributed by atoms with Crippen LogP contribution in [0.4, 0.5) is 0 Å². The maximum Gasteiger partial charge on any atom is 0.254 e. The van der Waals surface area contributed by atoms with E-state index in [1.54, 1.807) is 24.1 Å². The summed E-state index contributed by atoms with van der Waals surface area (Å²) in [6.45, 7) is 2.54. The Morgan fingerprint density at radius 3 is 2.94 bits per heavy atom. The van der Waals surface area contributed by atoms with E-state index in [2.05, 4.69) is 26.3 Å². The fourth-order valence-electron chi connectivity index (χ4n) is 1.65. The first-order chi connectivity index (χ1) is 8.56. The Kier molecular flexibility index (Phi) is 3.81. The van der Waals surface area contributed by atoms with Crippen molar-refractivity contribution in [2.75, 3.05) is 0 Å². The zero-order valence-corrected chi connectivity index (χ0v) is 11.9. The number of aryl methyl sites for hydroxylation is 2. The zero-order chi connectivity index (χ0) is 13.1. The molecule has 1 heterocycles. The van der Waals surface area contributed by atoms with Crippen LogP contribution in [-0.2, 0) is 13.6 Å². The molecule has 1 aromatic carbocycles. The smallest absolute Gasteiger partial charge is 0.254 e. The minimum Gasteiger partial charge on any atom is -0.348 e. The van der Waals surface area contributed by atoms with Gasteiger partial charge in [-0.2, -0.15) is 5.10 Å². The van der Waals surface area contributed by atoms with E-state index in [0.717, 1.165) is 15.6 Å². The molecule has 0 unspecified atom stereocenters. The van der Waals surface area contributed by atoms with E-state index in [1.165, 1.54) is 0 Å². The third-order valence-electron chi connectivity index (χ3n) is 2.72. The van der Waals surface area contributed by atoms with Gasteiger partial charge in [-0.1, -0.05) is 22.0 Å². The van der Waals surface area contributed by atoms with Crippen molar-refractivity contribution in [3.8, 4) is 0 Å². The van der Waals surface area contributed by atoms with E-state index in [9.17, 15) is 4.79 Å². The van der Waals surface area contributed by atoms with Crippen LogP contribution in [0.2, 0.25) is 0 Å². The number of halogens is 1. The van der Waals surface area contributed by atoms with Crippen molar-refractivity contribution < 1.29 is 4.79 Å². The summed E-state index contributed by atoms with van der Waals surface area (Å²) >= 11 is 3.43. The predicted octanol–water partition coefficient (Wildman–Crippen LogP) is 2.42. The summed E-state index contributed by atoms with van der Waals surface area (Å²) in [6.07, 6.45) is 3.26. The Balaban J connectivity index is 2.03. The van der Waals surface area contributed by atoms with Crippen molar-refractivity contribution in [3.63, 3.8) is 0 Å². The number of hydrogen-bond donors (Lipinski definition) is 1. The lowest BCUT2D eigenvalue weighted by Crippen LogP contribution is -2.22. The van der Waals surface area contributed by atoms with Crippen LogP contribution in [-0.4, -0.2) is 15.7 Å². The number of amides is 1. The largest absolute Gasteiger partial charge is 0.348 e. The van der Waals surface area contributed by atoms with Crippen LogP contribution in [0.3, 0.4) is 0 Å². The average molecular weight is 308 g/mol. The molecule has 4 nitrogen and oxygen atoms in total. The fourth-order valence-corrected chi connectivity index (χ4v) is 2.06. The SMILES string of the molecule is Cc1ccc(Br)cc1CNC(=O)c1cnn(C)c1. The number of carbonyl (C=O) groups excluding carboxylic acids is 1. The predicted molar refractivity (Wildman–Crippen MR) is 73.3 cm³/mol.